The molecule has 1 amide bonds. The van der Waals surface area contributed by atoms with E-state index >= 15 is 0 Å². The van der Waals surface area contributed by atoms with Gasteiger partial charge in [0.1, 0.15) is 18.1 Å². The molecule has 0 saturated carbocycles. The van der Waals surface area contributed by atoms with Crippen LogP contribution < -0.4 is 19.5 Å². The number of benzene rings is 2. The van der Waals surface area contributed by atoms with Gasteiger partial charge in [0.25, 0.3) is 5.91 Å². The lowest BCUT2D eigenvalue weighted by atomic mass is 10.1. The average Bonchev–Trinajstić information content (AvgIpc) is 3.44. The standard InChI is InChI=1S/C26H30N2O5S/c1-3-30-23-11-10-19(15-24(23)31-4-2)17-33-20-8-5-7-18(13-20)14-22-25(29)28(26(34)27-22)16-21-9-6-12-32-21/h5,7-8,10-11,13-15,21H,3-4,6,9,12,16-17H2,1-2H3,(H,27,34)/b22-14+. The Balaban J connectivity index is 1.41. The summed E-state index contributed by atoms with van der Waals surface area (Å²) in [5.74, 6) is 2.00. The van der Waals surface area contributed by atoms with Crippen LogP contribution in [-0.4, -0.2) is 48.4 Å². The molecule has 34 heavy (non-hydrogen) atoms. The molecule has 2 aromatic rings. The van der Waals surface area contributed by atoms with Gasteiger partial charge in [0, 0.05) is 6.61 Å². The molecular weight excluding hydrogens is 452 g/mol. The van der Waals surface area contributed by atoms with Crippen molar-refractivity contribution in [2.24, 2.45) is 0 Å². The van der Waals surface area contributed by atoms with Crippen LogP contribution in [0.15, 0.2) is 48.2 Å². The van der Waals surface area contributed by atoms with E-state index in [1.54, 1.807) is 11.0 Å². The summed E-state index contributed by atoms with van der Waals surface area (Å²) in [7, 11) is 0. The molecule has 2 heterocycles. The van der Waals surface area contributed by atoms with Crippen molar-refractivity contribution in [1.82, 2.24) is 10.2 Å². The number of nitrogens with zero attached hydrogens (tertiary/aromatic N) is 1. The van der Waals surface area contributed by atoms with Gasteiger partial charge >= 0.3 is 0 Å². The zero-order chi connectivity index (χ0) is 23.9. The van der Waals surface area contributed by atoms with Gasteiger partial charge in [-0.15, -0.1) is 0 Å². The van der Waals surface area contributed by atoms with E-state index in [4.69, 9.17) is 31.2 Å². The molecule has 180 valence electrons. The van der Waals surface area contributed by atoms with Crippen LogP contribution in [0.4, 0.5) is 0 Å². The van der Waals surface area contributed by atoms with Crippen molar-refractivity contribution in [3.8, 4) is 17.2 Å². The second kappa shape index (κ2) is 11.4. The Morgan fingerprint density at radius 3 is 2.71 bits per heavy atom. The third-order valence-electron chi connectivity index (χ3n) is 5.55. The zero-order valence-electron chi connectivity index (χ0n) is 19.5. The molecule has 0 spiro atoms. The Labute approximate surface area is 205 Å². The van der Waals surface area contributed by atoms with Gasteiger partial charge in [-0.05, 0) is 80.4 Å². The smallest absolute Gasteiger partial charge is 0.276 e. The molecule has 2 aliphatic heterocycles. The predicted octanol–water partition coefficient (Wildman–Crippen LogP) is 4.30. The first kappa shape index (κ1) is 24.0. The number of thiocarbonyl (C=S) groups is 1. The highest BCUT2D eigenvalue weighted by molar-refractivity contribution is 7.80. The average molecular weight is 483 g/mol. The summed E-state index contributed by atoms with van der Waals surface area (Å²) < 4.78 is 23.0. The topological polar surface area (TPSA) is 69.3 Å². The number of nitrogens with one attached hydrogen (secondary N) is 1. The van der Waals surface area contributed by atoms with Crippen molar-refractivity contribution in [3.63, 3.8) is 0 Å². The van der Waals surface area contributed by atoms with Gasteiger partial charge < -0.3 is 24.3 Å². The van der Waals surface area contributed by atoms with Gasteiger partial charge in [0.2, 0.25) is 0 Å². The number of hydrogen-bond acceptors (Lipinski definition) is 6. The van der Waals surface area contributed by atoms with Gasteiger partial charge in [0.05, 0.1) is 25.9 Å². The number of carbonyl (C=O) groups is 1. The first-order valence-corrected chi connectivity index (χ1v) is 12.1. The van der Waals surface area contributed by atoms with Crippen molar-refractivity contribution in [3.05, 3.63) is 59.3 Å². The Hall–Kier alpha value is -3.10. The number of amides is 1. The van der Waals surface area contributed by atoms with E-state index < -0.39 is 0 Å². The molecule has 2 fully saturated rings. The van der Waals surface area contributed by atoms with E-state index in [1.807, 2.05) is 56.3 Å². The highest BCUT2D eigenvalue weighted by Crippen LogP contribution is 2.29. The summed E-state index contributed by atoms with van der Waals surface area (Å²) in [5, 5.41) is 3.45. The van der Waals surface area contributed by atoms with Crippen molar-refractivity contribution < 1.29 is 23.7 Å². The Bertz CT molecular complexity index is 1060. The molecule has 4 rings (SSSR count). The van der Waals surface area contributed by atoms with Gasteiger partial charge in [-0.25, -0.2) is 0 Å². The molecule has 0 bridgehead atoms. The van der Waals surface area contributed by atoms with Crippen LogP contribution in [0.3, 0.4) is 0 Å². The van der Waals surface area contributed by atoms with E-state index in [1.165, 1.54) is 0 Å². The third-order valence-corrected chi connectivity index (χ3v) is 5.88. The van der Waals surface area contributed by atoms with Gasteiger partial charge in [-0.3, -0.25) is 9.69 Å². The summed E-state index contributed by atoms with van der Waals surface area (Å²) in [5.41, 5.74) is 2.27. The van der Waals surface area contributed by atoms with Crippen LogP contribution >= 0.6 is 12.2 Å². The molecule has 2 saturated heterocycles. The maximum Gasteiger partial charge on any atom is 0.276 e. The molecule has 2 aromatic carbocycles. The fourth-order valence-electron chi connectivity index (χ4n) is 3.94. The molecule has 1 atom stereocenters. The first-order chi connectivity index (χ1) is 16.6. The van der Waals surface area contributed by atoms with Gasteiger partial charge in [0.15, 0.2) is 16.6 Å². The molecule has 1 N–H and O–H groups in total. The van der Waals surface area contributed by atoms with Crippen molar-refractivity contribution in [2.45, 2.75) is 39.4 Å². The summed E-state index contributed by atoms with van der Waals surface area (Å²) >= 11 is 5.38. The summed E-state index contributed by atoms with van der Waals surface area (Å²) in [4.78, 5) is 14.4. The van der Waals surface area contributed by atoms with Gasteiger partial charge in [-0.2, -0.15) is 0 Å². The van der Waals surface area contributed by atoms with Crippen LogP contribution in [-0.2, 0) is 16.1 Å². The van der Waals surface area contributed by atoms with E-state index in [2.05, 4.69) is 5.32 Å². The molecule has 1 unspecified atom stereocenters. The largest absolute Gasteiger partial charge is 0.490 e. The summed E-state index contributed by atoms with van der Waals surface area (Å²) in [6.45, 7) is 6.62. The minimum atomic E-state index is -0.135. The highest BCUT2D eigenvalue weighted by Gasteiger charge is 2.33. The SMILES string of the molecule is CCOc1ccc(COc2cccc(/C=C3/NC(=S)N(CC4CCCO4)C3=O)c2)cc1OCC. The lowest BCUT2D eigenvalue weighted by molar-refractivity contribution is -0.123. The monoisotopic (exact) mass is 482 g/mol. The van der Waals surface area contributed by atoms with E-state index in [0.29, 0.717) is 48.7 Å². The van der Waals surface area contributed by atoms with Crippen LogP contribution in [0.1, 0.15) is 37.8 Å². The molecule has 0 aromatic heterocycles. The Kier molecular flexibility index (Phi) is 8.03. The fourth-order valence-corrected chi connectivity index (χ4v) is 4.21. The molecular formula is C26H30N2O5S. The number of carbonyl (C=O) groups excluding carboxylic acids is 1. The van der Waals surface area contributed by atoms with Crippen LogP contribution in [0.5, 0.6) is 17.2 Å². The van der Waals surface area contributed by atoms with E-state index in [0.717, 1.165) is 36.3 Å². The van der Waals surface area contributed by atoms with Crippen LogP contribution in [0.2, 0.25) is 0 Å². The fraction of sp³-hybridized carbons (Fsp3) is 0.385. The lowest BCUT2D eigenvalue weighted by Gasteiger charge is -2.18. The lowest BCUT2D eigenvalue weighted by Crippen LogP contribution is -2.37. The Morgan fingerprint density at radius 2 is 1.94 bits per heavy atom. The van der Waals surface area contributed by atoms with Gasteiger partial charge in [-0.1, -0.05) is 18.2 Å². The van der Waals surface area contributed by atoms with Crippen molar-refractivity contribution in [2.75, 3.05) is 26.4 Å². The number of rotatable bonds is 10. The van der Waals surface area contributed by atoms with E-state index in [9.17, 15) is 4.79 Å². The number of ether oxygens (including phenoxy) is 4. The van der Waals surface area contributed by atoms with E-state index in [-0.39, 0.29) is 12.0 Å². The maximum absolute atomic E-state index is 12.9. The zero-order valence-corrected chi connectivity index (χ0v) is 20.4. The first-order valence-electron chi connectivity index (χ1n) is 11.6. The quantitative estimate of drug-likeness (QED) is 0.400. The molecule has 0 radical (unpaired) electrons. The summed E-state index contributed by atoms with van der Waals surface area (Å²) in [6.07, 6.45) is 3.81. The minimum Gasteiger partial charge on any atom is -0.490 e. The molecule has 2 aliphatic rings. The maximum atomic E-state index is 12.9. The number of hydrogen-bond donors (Lipinski definition) is 1. The highest BCUT2D eigenvalue weighted by atomic mass is 32.1. The Morgan fingerprint density at radius 1 is 1.12 bits per heavy atom. The summed E-state index contributed by atoms with van der Waals surface area (Å²) in [6, 6.07) is 13.4. The van der Waals surface area contributed by atoms with Crippen molar-refractivity contribution >= 4 is 29.3 Å². The second-order valence-corrected chi connectivity index (χ2v) is 8.43. The second-order valence-electron chi connectivity index (χ2n) is 8.05. The third kappa shape index (κ3) is 5.87. The normalized spacial score (nSPS) is 18.9. The minimum absolute atomic E-state index is 0.0469. The molecule has 8 heteroatoms. The molecule has 7 nitrogen and oxygen atoms in total. The van der Waals surface area contributed by atoms with Crippen molar-refractivity contribution in [1.29, 1.82) is 0 Å². The predicted molar refractivity (Wildman–Crippen MR) is 134 cm³/mol. The molecule has 0 aliphatic carbocycles. The van der Waals surface area contributed by atoms with Crippen LogP contribution in [0.25, 0.3) is 6.08 Å². The van der Waals surface area contributed by atoms with Crippen LogP contribution in [0, 0.1) is 0 Å².